The summed E-state index contributed by atoms with van der Waals surface area (Å²) in [5.41, 5.74) is 0.0132. The second-order valence-corrected chi connectivity index (χ2v) is 3.25. The molecule has 0 N–H and O–H groups in total. The molecule has 1 aromatic heterocycles. The first-order valence-electron chi connectivity index (χ1n) is 3.37. The number of ether oxygens (including phenoxy) is 1. The van der Waals surface area contributed by atoms with Crippen molar-refractivity contribution in [3.05, 3.63) is 22.1 Å². The third-order valence-electron chi connectivity index (χ3n) is 1.38. The Morgan fingerprint density at radius 3 is 2.50 bits per heavy atom. The molecular weight excluding hydrogens is 270 g/mol. The molecule has 0 radical (unpaired) electrons. The minimum Gasteiger partial charge on any atom is -0.385 e. The van der Waals surface area contributed by atoms with Gasteiger partial charge >= 0.3 is 6.36 Å². The SMILES string of the molecule is Cc1c(Br)cnc(OC(F)(F)F)c1F. The van der Waals surface area contributed by atoms with Crippen molar-refractivity contribution in [1.82, 2.24) is 4.98 Å². The van der Waals surface area contributed by atoms with E-state index in [0.29, 0.717) is 0 Å². The molecule has 78 valence electrons. The number of halogens is 5. The highest BCUT2D eigenvalue weighted by Crippen LogP contribution is 2.28. The van der Waals surface area contributed by atoms with Gasteiger partial charge in [0, 0.05) is 16.2 Å². The fourth-order valence-electron chi connectivity index (χ4n) is 0.715. The number of pyridine rings is 1. The van der Waals surface area contributed by atoms with Crippen LogP contribution in [0, 0.1) is 12.7 Å². The lowest BCUT2D eigenvalue weighted by atomic mass is 10.3. The zero-order chi connectivity index (χ0) is 10.9. The van der Waals surface area contributed by atoms with Gasteiger partial charge in [0.15, 0.2) is 5.82 Å². The molecule has 0 amide bonds. The molecule has 1 aromatic rings. The van der Waals surface area contributed by atoms with Gasteiger partial charge < -0.3 is 4.74 Å². The van der Waals surface area contributed by atoms with Crippen LogP contribution in [0.15, 0.2) is 10.7 Å². The largest absolute Gasteiger partial charge is 0.574 e. The fourth-order valence-corrected chi connectivity index (χ4v) is 0.991. The van der Waals surface area contributed by atoms with Crippen molar-refractivity contribution in [1.29, 1.82) is 0 Å². The third kappa shape index (κ3) is 2.57. The maximum absolute atomic E-state index is 13.1. The number of aromatic nitrogens is 1. The van der Waals surface area contributed by atoms with Crippen molar-refractivity contribution in [3.8, 4) is 5.88 Å². The summed E-state index contributed by atoms with van der Waals surface area (Å²) in [6.45, 7) is 1.31. The lowest BCUT2D eigenvalue weighted by Gasteiger charge is -2.09. The van der Waals surface area contributed by atoms with Crippen LogP contribution in [0.25, 0.3) is 0 Å². The van der Waals surface area contributed by atoms with Crippen LogP contribution < -0.4 is 4.74 Å². The summed E-state index contributed by atoms with van der Waals surface area (Å²) in [5, 5.41) is 0. The minimum absolute atomic E-state index is 0.0132. The quantitative estimate of drug-likeness (QED) is 0.734. The first kappa shape index (κ1) is 11.2. The monoisotopic (exact) mass is 273 g/mol. The second kappa shape index (κ2) is 3.72. The molecule has 0 aliphatic carbocycles. The Labute approximate surface area is 85.0 Å². The van der Waals surface area contributed by atoms with Crippen LogP contribution in [0.3, 0.4) is 0 Å². The molecule has 0 atom stereocenters. The van der Waals surface area contributed by atoms with Gasteiger partial charge in [0.2, 0.25) is 0 Å². The molecule has 2 nitrogen and oxygen atoms in total. The van der Waals surface area contributed by atoms with E-state index in [0.717, 1.165) is 6.20 Å². The number of nitrogens with zero attached hydrogens (tertiary/aromatic N) is 1. The highest BCUT2D eigenvalue weighted by molar-refractivity contribution is 9.10. The van der Waals surface area contributed by atoms with Gasteiger partial charge in [-0.25, -0.2) is 9.37 Å². The molecule has 0 saturated carbocycles. The first-order chi connectivity index (χ1) is 6.31. The molecule has 0 aliphatic rings. The molecule has 0 spiro atoms. The zero-order valence-corrected chi connectivity index (χ0v) is 8.41. The average Bonchev–Trinajstić information content (AvgIpc) is 2.04. The topological polar surface area (TPSA) is 22.1 Å². The molecule has 1 rings (SSSR count). The Bertz CT molecular complexity index is 352. The van der Waals surface area contributed by atoms with E-state index in [1.807, 2.05) is 0 Å². The second-order valence-electron chi connectivity index (χ2n) is 2.40. The maximum atomic E-state index is 13.1. The first-order valence-corrected chi connectivity index (χ1v) is 4.17. The van der Waals surface area contributed by atoms with E-state index >= 15 is 0 Å². The van der Waals surface area contributed by atoms with Gasteiger partial charge in [0.05, 0.1) is 0 Å². The van der Waals surface area contributed by atoms with Crippen LogP contribution >= 0.6 is 15.9 Å². The average molecular weight is 274 g/mol. The molecule has 0 aliphatic heterocycles. The molecule has 0 saturated heterocycles. The lowest BCUT2D eigenvalue weighted by molar-refractivity contribution is -0.277. The zero-order valence-electron chi connectivity index (χ0n) is 6.82. The van der Waals surface area contributed by atoms with Crippen molar-refractivity contribution in [2.24, 2.45) is 0 Å². The number of hydrogen-bond donors (Lipinski definition) is 0. The summed E-state index contributed by atoms with van der Waals surface area (Å²) < 4.78 is 51.9. The number of alkyl halides is 3. The van der Waals surface area contributed by atoms with Gasteiger partial charge in [0.25, 0.3) is 5.88 Å². The van der Waals surface area contributed by atoms with Gasteiger partial charge in [0.1, 0.15) is 0 Å². The standard InChI is InChI=1S/C7H4BrF4NO/c1-3-4(8)2-13-6(5(3)9)14-7(10,11)12/h2H,1H3. The Morgan fingerprint density at radius 1 is 1.43 bits per heavy atom. The van der Waals surface area contributed by atoms with E-state index in [1.54, 1.807) is 0 Å². The van der Waals surface area contributed by atoms with Crippen LogP contribution in [0.5, 0.6) is 5.88 Å². The highest BCUT2D eigenvalue weighted by atomic mass is 79.9. The fraction of sp³-hybridized carbons (Fsp3) is 0.286. The van der Waals surface area contributed by atoms with Crippen molar-refractivity contribution >= 4 is 15.9 Å². The lowest BCUT2D eigenvalue weighted by Crippen LogP contribution is -2.19. The van der Waals surface area contributed by atoms with Crippen molar-refractivity contribution in [2.75, 3.05) is 0 Å². The normalized spacial score (nSPS) is 11.6. The van der Waals surface area contributed by atoms with Crippen LogP contribution in [0.1, 0.15) is 5.56 Å². The third-order valence-corrected chi connectivity index (χ3v) is 2.18. The van der Waals surface area contributed by atoms with Gasteiger partial charge in [-0.1, -0.05) is 0 Å². The molecule has 14 heavy (non-hydrogen) atoms. The van der Waals surface area contributed by atoms with Crippen LogP contribution in [-0.4, -0.2) is 11.3 Å². The number of rotatable bonds is 1. The summed E-state index contributed by atoms with van der Waals surface area (Å²) in [6.07, 6.45) is -3.90. The number of hydrogen-bond acceptors (Lipinski definition) is 2. The summed E-state index contributed by atoms with van der Waals surface area (Å²) in [4.78, 5) is 3.16. The Balaban J connectivity index is 3.06. The summed E-state index contributed by atoms with van der Waals surface area (Å²) >= 11 is 2.92. The van der Waals surface area contributed by atoms with E-state index in [2.05, 4.69) is 25.7 Å². The molecule has 0 fully saturated rings. The van der Waals surface area contributed by atoms with E-state index in [1.165, 1.54) is 6.92 Å². The molecule has 7 heteroatoms. The molecule has 1 heterocycles. The highest BCUT2D eigenvalue weighted by Gasteiger charge is 2.33. The van der Waals surface area contributed by atoms with Crippen LogP contribution in [-0.2, 0) is 0 Å². The Hall–Kier alpha value is -0.850. The van der Waals surface area contributed by atoms with Crippen molar-refractivity contribution in [3.63, 3.8) is 0 Å². The van der Waals surface area contributed by atoms with Crippen LogP contribution in [0.4, 0.5) is 17.6 Å². The van der Waals surface area contributed by atoms with Gasteiger partial charge in [-0.05, 0) is 22.9 Å². The van der Waals surface area contributed by atoms with Crippen molar-refractivity contribution < 1.29 is 22.3 Å². The van der Waals surface area contributed by atoms with E-state index in [4.69, 9.17) is 0 Å². The minimum atomic E-state index is -4.94. The molecule has 0 unspecified atom stereocenters. The van der Waals surface area contributed by atoms with Crippen LogP contribution in [0.2, 0.25) is 0 Å². The summed E-state index contributed by atoms with van der Waals surface area (Å²) in [5.74, 6) is -2.20. The summed E-state index contributed by atoms with van der Waals surface area (Å²) in [7, 11) is 0. The smallest absolute Gasteiger partial charge is 0.385 e. The van der Waals surface area contributed by atoms with Gasteiger partial charge in [-0.2, -0.15) is 0 Å². The van der Waals surface area contributed by atoms with E-state index in [9.17, 15) is 17.6 Å². The van der Waals surface area contributed by atoms with Gasteiger partial charge in [-0.3, -0.25) is 0 Å². The predicted octanol–water partition coefficient (Wildman–Crippen LogP) is 3.19. The van der Waals surface area contributed by atoms with E-state index < -0.39 is 18.1 Å². The molecule has 0 bridgehead atoms. The predicted molar refractivity (Wildman–Crippen MR) is 43.3 cm³/mol. The van der Waals surface area contributed by atoms with Gasteiger partial charge in [-0.15, -0.1) is 13.2 Å². The molecule has 0 aromatic carbocycles. The summed E-state index contributed by atoms with van der Waals surface area (Å²) in [6, 6.07) is 0. The van der Waals surface area contributed by atoms with Crippen molar-refractivity contribution in [2.45, 2.75) is 13.3 Å². The Morgan fingerprint density at radius 2 is 2.00 bits per heavy atom. The van der Waals surface area contributed by atoms with E-state index in [-0.39, 0.29) is 10.0 Å². The maximum Gasteiger partial charge on any atom is 0.574 e. The Kier molecular flexibility index (Phi) is 2.98. The molecular formula is C7H4BrF4NO.